The molecule has 12 amide bonds. The third-order valence-electron chi connectivity index (χ3n) is 17.4. The average molecular weight is 1290 g/mol. The second-order valence-corrected chi connectivity index (χ2v) is 26.7. The van der Waals surface area contributed by atoms with Crippen LogP contribution in [0, 0.1) is 35.5 Å². The molecule has 0 aromatic rings. The molecule has 4 aliphatic rings. The van der Waals surface area contributed by atoms with E-state index in [1.807, 2.05) is 20.8 Å². The number of hydrogen-bond donors (Lipinski definition) is 13. The summed E-state index contributed by atoms with van der Waals surface area (Å²) in [5, 5.41) is 57.7. The van der Waals surface area contributed by atoms with Crippen molar-refractivity contribution in [1.29, 1.82) is 0 Å². The lowest BCUT2D eigenvalue weighted by molar-refractivity contribution is -0.144. The van der Waals surface area contributed by atoms with Gasteiger partial charge in [0.25, 0.3) is 0 Å². The fourth-order valence-corrected chi connectivity index (χ4v) is 11.9. The Labute approximate surface area is 534 Å². The summed E-state index contributed by atoms with van der Waals surface area (Å²) in [6.45, 7) is 21.9. The third kappa shape index (κ3) is 21.5. The van der Waals surface area contributed by atoms with Crippen molar-refractivity contribution in [3.05, 3.63) is 0 Å². The SMILES string of the molecule is CC[C@H](C)[C@H](NC(=O)[C@@H]1CCCN1C(=O)CNC(=O)[C@@H]1CCCN1C(=O)[C@H](CC(C)C)NC(=O)[C@@H](NC(=O)[C@@H](NC(=O)[C@@H](NC(=O)[C@@H](NC(=O)[C@@H]1CCCN1C(=O)[C@H](CO)NC(=O)[C@@H]1CCCN1)C(C)C)C(C)C)C(C)C)[C@@H](C)O)C(=O)N[C@@H](CC(C)C)C(=O)O. The summed E-state index contributed by atoms with van der Waals surface area (Å²) in [6.07, 6.45) is 2.54. The molecule has 0 spiro atoms. The lowest BCUT2D eigenvalue weighted by Gasteiger charge is -2.32. The van der Waals surface area contributed by atoms with Crippen LogP contribution in [0.4, 0.5) is 0 Å². The quantitative estimate of drug-likeness (QED) is 0.0347. The Morgan fingerprint density at radius 3 is 1.31 bits per heavy atom. The van der Waals surface area contributed by atoms with Crippen molar-refractivity contribution in [2.75, 3.05) is 39.3 Å². The lowest BCUT2D eigenvalue weighted by atomic mass is 9.96. The minimum Gasteiger partial charge on any atom is -0.480 e. The van der Waals surface area contributed by atoms with E-state index < -0.39 is 192 Å². The number of carbonyl (C=O) groups excluding carboxylic acids is 12. The second kappa shape index (κ2) is 35.7. The summed E-state index contributed by atoms with van der Waals surface area (Å²) < 4.78 is 0. The van der Waals surface area contributed by atoms with Crippen molar-refractivity contribution in [3.8, 4) is 0 Å². The molecule has 0 aromatic heterocycles. The number of amides is 12. The number of hydrogen-bond acceptors (Lipinski definition) is 16. The number of aliphatic hydroxyl groups is 2. The average Bonchev–Trinajstić information content (AvgIpc) is 2.11. The summed E-state index contributed by atoms with van der Waals surface area (Å²) in [7, 11) is 0. The number of likely N-dealkylation sites (tertiary alicyclic amines) is 3. The van der Waals surface area contributed by atoms with Gasteiger partial charge in [-0.25, -0.2) is 4.79 Å². The molecule has 91 heavy (non-hydrogen) atoms. The first-order chi connectivity index (χ1) is 42.7. The standard InChI is InChI=1S/C62H105N13O16/c1-14-36(12)49(58(86)66-40(62(90)91)28-32(4)5)71-53(81)43-21-16-24-73(43)45(78)29-64-52(80)42-20-17-25-74(42)60(88)39(27-31(2)3)65-59(87)50(37(13)77)72-57(85)48(35(10)11)70-56(84)47(34(8)9)69-55(83)46(33(6)7)68-54(82)44-22-18-26-75(44)61(89)41(30-76)67-51(79)38-19-15-23-63-38/h31-44,46-50,63,76-77H,14-30H2,1-13H3,(H,64,80)(H,65,87)(H,66,86)(H,67,79)(H,68,82)(H,69,83)(H,70,84)(H,71,81)(H,72,85)(H,90,91)/t36-,37+,38-,39-,40-,41-,42-,43-,44-,46-,47-,48-,49-,50-/m0/s1. The molecule has 4 fully saturated rings. The Morgan fingerprint density at radius 2 is 0.868 bits per heavy atom. The van der Waals surface area contributed by atoms with Gasteiger partial charge in [0.05, 0.1) is 25.3 Å². The van der Waals surface area contributed by atoms with Gasteiger partial charge >= 0.3 is 5.97 Å². The maximum Gasteiger partial charge on any atom is 0.326 e. The molecule has 14 atom stereocenters. The predicted octanol–water partition coefficient (Wildman–Crippen LogP) is -1.73. The van der Waals surface area contributed by atoms with E-state index in [0.717, 1.165) is 6.42 Å². The molecule has 29 nitrogen and oxygen atoms in total. The summed E-state index contributed by atoms with van der Waals surface area (Å²) >= 11 is 0. The molecule has 0 unspecified atom stereocenters. The summed E-state index contributed by atoms with van der Waals surface area (Å²) in [4.78, 5) is 182. The molecule has 0 bridgehead atoms. The Hall–Kier alpha value is -7.01. The summed E-state index contributed by atoms with van der Waals surface area (Å²) in [5.41, 5.74) is 0. The number of aliphatic carboxylic acids is 1. The number of carboxylic acids is 1. The van der Waals surface area contributed by atoms with Gasteiger partial charge in [-0.15, -0.1) is 0 Å². The van der Waals surface area contributed by atoms with Crippen LogP contribution < -0.4 is 53.2 Å². The van der Waals surface area contributed by atoms with Crippen LogP contribution in [-0.4, -0.2) is 225 Å². The molecule has 29 heteroatoms. The van der Waals surface area contributed by atoms with E-state index >= 15 is 0 Å². The van der Waals surface area contributed by atoms with Crippen molar-refractivity contribution in [3.63, 3.8) is 0 Å². The van der Waals surface area contributed by atoms with E-state index in [2.05, 4.69) is 53.2 Å². The Bertz CT molecular complexity index is 2580. The van der Waals surface area contributed by atoms with E-state index in [4.69, 9.17) is 0 Å². The van der Waals surface area contributed by atoms with Crippen LogP contribution >= 0.6 is 0 Å². The largest absolute Gasteiger partial charge is 0.480 e. The van der Waals surface area contributed by atoms with Gasteiger partial charge in [0, 0.05) is 19.6 Å². The normalized spacial score (nSPS) is 21.6. The third-order valence-corrected chi connectivity index (χ3v) is 17.4. The van der Waals surface area contributed by atoms with Gasteiger partial charge < -0.3 is 83.2 Å². The van der Waals surface area contributed by atoms with E-state index in [-0.39, 0.29) is 63.6 Å². The van der Waals surface area contributed by atoms with Crippen molar-refractivity contribution in [2.24, 2.45) is 35.5 Å². The highest BCUT2D eigenvalue weighted by molar-refractivity contribution is 6.00. The van der Waals surface area contributed by atoms with Crippen LogP contribution in [0.5, 0.6) is 0 Å². The van der Waals surface area contributed by atoms with Crippen LogP contribution in [0.3, 0.4) is 0 Å². The topological polar surface area (TPSA) is 413 Å². The molecular weight excluding hydrogens is 1180 g/mol. The van der Waals surface area contributed by atoms with Gasteiger partial charge in [-0.3, -0.25) is 57.5 Å². The number of carboxylic acid groups (broad SMARTS) is 1. The zero-order chi connectivity index (χ0) is 68.3. The van der Waals surface area contributed by atoms with Crippen LogP contribution in [0.2, 0.25) is 0 Å². The maximum atomic E-state index is 14.5. The molecule has 4 rings (SSSR count). The molecule has 0 aliphatic carbocycles. The van der Waals surface area contributed by atoms with Crippen molar-refractivity contribution >= 4 is 76.9 Å². The van der Waals surface area contributed by atoms with Gasteiger partial charge in [0.1, 0.15) is 66.5 Å². The number of rotatable bonds is 33. The Balaban J connectivity index is 1.39. The molecule has 4 heterocycles. The molecule has 0 saturated carbocycles. The minimum atomic E-state index is -1.67. The highest BCUT2D eigenvalue weighted by Gasteiger charge is 2.44. The molecule has 4 saturated heterocycles. The first kappa shape index (κ1) is 76.4. The predicted molar refractivity (Wildman–Crippen MR) is 333 cm³/mol. The van der Waals surface area contributed by atoms with E-state index in [1.165, 1.54) is 21.6 Å². The zero-order valence-electron chi connectivity index (χ0n) is 55.5. The molecule has 0 aromatic carbocycles. The summed E-state index contributed by atoms with van der Waals surface area (Å²) in [6, 6.07) is -13.9. The smallest absolute Gasteiger partial charge is 0.326 e. The fraction of sp³-hybridized carbons (Fsp3) is 0.790. The van der Waals surface area contributed by atoms with Gasteiger partial charge in [-0.2, -0.15) is 0 Å². The van der Waals surface area contributed by atoms with E-state index in [0.29, 0.717) is 38.6 Å². The van der Waals surface area contributed by atoms with Gasteiger partial charge in [-0.1, -0.05) is 89.5 Å². The molecular formula is C62H105N13O16. The van der Waals surface area contributed by atoms with Gasteiger partial charge in [0.2, 0.25) is 70.9 Å². The van der Waals surface area contributed by atoms with Crippen molar-refractivity contribution in [2.45, 2.75) is 239 Å². The van der Waals surface area contributed by atoms with Crippen LogP contribution in [0.25, 0.3) is 0 Å². The lowest BCUT2D eigenvalue weighted by Crippen LogP contribution is -2.63. The van der Waals surface area contributed by atoms with Crippen LogP contribution in [-0.2, 0) is 62.3 Å². The number of nitrogens with one attached hydrogen (secondary N) is 10. The molecule has 0 radical (unpaired) electrons. The van der Waals surface area contributed by atoms with Crippen LogP contribution in [0.1, 0.15) is 161 Å². The summed E-state index contributed by atoms with van der Waals surface area (Å²) in [5.74, 6) is -11.8. The van der Waals surface area contributed by atoms with Gasteiger partial charge in [-0.05, 0) is 113 Å². The minimum absolute atomic E-state index is 0.0390. The molecule has 4 aliphatic heterocycles. The highest BCUT2D eigenvalue weighted by Crippen LogP contribution is 2.24. The Morgan fingerprint density at radius 1 is 0.462 bits per heavy atom. The van der Waals surface area contributed by atoms with E-state index in [9.17, 15) is 77.6 Å². The van der Waals surface area contributed by atoms with E-state index in [1.54, 1.807) is 62.3 Å². The van der Waals surface area contributed by atoms with Crippen molar-refractivity contribution < 1.29 is 77.6 Å². The number of carbonyl (C=O) groups is 13. The van der Waals surface area contributed by atoms with Crippen molar-refractivity contribution in [1.82, 2.24) is 67.9 Å². The zero-order valence-corrected chi connectivity index (χ0v) is 55.5. The number of nitrogens with zero attached hydrogens (tertiary/aromatic N) is 3. The monoisotopic (exact) mass is 1290 g/mol. The fourth-order valence-electron chi connectivity index (χ4n) is 11.9. The molecule has 514 valence electrons. The maximum absolute atomic E-state index is 14.5. The molecule has 13 N–H and O–H groups in total. The van der Waals surface area contributed by atoms with Crippen LogP contribution in [0.15, 0.2) is 0 Å². The first-order valence-electron chi connectivity index (χ1n) is 32.6. The first-order valence-corrected chi connectivity index (χ1v) is 32.6. The highest BCUT2D eigenvalue weighted by atomic mass is 16.4. The number of aliphatic hydroxyl groups excluding tert-OH is 2. The second-order valence-electron chi connectivity index (χ2n) is 26.7. The van der Waals surface area contributed by atoms with Gasteiger partial charge in [0.15, 0.2) is 0 Å². The Kier molecular flexibility index (Phi) is 30.0.